The predicted octanol–water partition coefficient (Wildman–Crippen LogP) is 3.06. The minimum atomic E-state index is -0.127. The smallest absolute Gasteiger partial charge is 0.234 e. The van der Waals surface area contributed by atoms with E-state index in [0.29, 0.717) is 22.3 Å². The third-order valence-electron chi connectivity index (χ3n) is 2.56. The maximum absolute atomic E-state index is 11.9. The van der Waals surface area contributed by atoms with Crippen molar-refractivity contribution < 1.29 is 9.53 Å². The van der Waals surface area contributed by atoms with Crippen molar-refractivity contribution in [2.45, 2.75) is 4.90 Å². The van der Waals surface area contributed by atoms with Crippen LogP contribution in [-0.2, 0) is 4.79 Å². The largest absolute Gasteiger partial charge is 0.495 e. The van der Waals surface area contributed by atoms with Crippen molar-refractivity contribution in [3.63, 3.8) is 0 Å². The lowest BCUT2D eigenvalue weighted by atomic mass is 10.3. The van der Waals surface area contributed by atoms with Gasteiger partial charge in [-0.2, -0.15) is 0 Å². The second-order valence-electron chi connectivity index (χ2n) is 4.10. The van der Waals surface area contributed by atoms with E-state index in [1.165, 1.54) is 18.9 Å². The number of thioether (sulfide) groups is 1. The van der Waals surface area contributed by atoms with Crippen LogP contribution in [0.2, 0.25) is 5.02 Å². The van der Waals surface area contributed by atoms with E-state index in [9.17, 15) is 4.79 Å². The maximum Gasteiger partial charge on any atom is 0.234 e. The van der Waals surface area contributed by atoms with Gasteiger partial charge in [0.1, 0.15) is 11.6 Å². The van der Waals surface area contributed by atoms with E-state index in [2.05, 4.69) is 10.3 Å². The fourth-order valence-corrected chi connectivity index (χ4v) is 2.49. The van der Waals surface area contributed by atoms with Crippen LogP contribution in [0.1, 0.15) is 0 Å². The molecule has 0 aliphatic rings. The monoisotopic (exact) mass is 323 g/mol. The number of hydrogen-bond donors (Lipinski definition) is 2. The number of nitrogens with one attached hydrogen (secondary N) is 1. The van der Waals surface area contributed by atoms with Crippen LogP contribution in [0.25, 0.3) is 0 Å². The minimum Gasteiger partial charge on any atom is -0.495 e. The van der Waals surface area contributed by atoms with Crippen LogP contribution in [0.3, 0.4) is 0 Å². The number of ether oxygens (including phenoxy) is 1. The maximum atomic E-state index is 11.9. The molecule has 0 saturated carbocycles. The van der Waals surface area contributed by atoms with Gasteiger partial charge in [-0.1, -0.05) is 11.6 Å². The molecule has 1 amide bonds. The van der Waals surface area contributed by atoms with Crippen LogP contribution >= 0.6 is 23.4 Å². The van der Waals surface area contributed by atoms with Crippen molar-refractivity contribution in [2.24, 2.45) is 0 Å². The average Bonchev–Trinajstić information content (AvgIpc) is 2.47. The Morgan fingerprint density at radius 2 is 2.24 bits per heavy atom. The Labute approximate surface area is 131 Å². The molecule has 1 aromatic carbocycles. The Kier molecular flexibility index (Phi) is 5.30. The fourth-order valence-electron chi connectivity index (χ4n) is 1.57. The summed E-state index contributed by atoms with van der Waals surface area (Å²) in [6, 6.07) is 8.61. The van der Waals surface area contributed by atoms with E-state index in [-0.39, 0.29) is 11.7 Å². The van der Waals surface area contributed by atoms with Crippen LogP contribution in [0, 0.1) is 0 Å². The number of rotatable bonds is 5. The number of amides is 1. The highest BCUT2D eigenvalue weighted by molar-refractivity contribution is 8.00. The Morgan fingerprint density at radius 1 is 1.43 bits per heavy atom. The Morgan fingerprint density at radius 3 is 2.86 bits per heavy atom. The van der Waals surface area contributed by atoms with E-state index in [1.807, 2.05) is 6.07 Å². The molecular formula is C14H14ClN3O2S. The van der Waals surface area contributed by atoms with Gasteiger partial charge in [0.15, 0.2) is 0 Å². The first-order valence-corrected chi connectivity index (χ1v) is 7.42. The lowest BCUT2D eigenvalue weighted by molar-refractivity contribution is -0.113. The number of carbonyl (C=O) groups excluding carboxylic acids is 1. The molecule has 21 heavy (non-hydrogen) atoms. The summed E-state index contributed by atoms with van der Waals surface area (Å²) in [5.74, 6) is 1.17. The van der Waals surface area contributed by atoms with Gasteiger partial charge < -0.3 is 15.8 Å². The highest BCUT2D eigenvalue weighted by Gasteiger charge is 2.06. The number of hydrogen-bond acceptors (Lipinski definition) is 5. The lowest BCUT2D eigenvalue weighted by Gasteiger charge is -2.08. The lowest BCUT2D eigenvalue weighted by Crippen LogP contribution is -2.14. The number of methoxy groups -OCH3 is 1. The number of halogens is 1. The predicted molar refractivity (Wildman–Crippen MR) is 86.0 cm³/mol. The SMILES string of the molecule is COc1ccc(NC(=O)CSc2ccc(N)nc2)cc1Cl. The van der Waals surface area contributed by atoms with E-state index in [0.717, 1.165) is 4.90 Å². The molecule has 0 aliphatic heterocycles. The normalized spacial score (nSPS) is 10.2. The van der Waals surface area contributed by atoms with E-state index in [4.69, 9.17) is 22.1 Å². The highest BCUT2D eigenvalue weighted by atomic mass is 35.5. The quantitative estimate of drug-likeness (QED) is 0.827. The van der Waals surface area contributed by atoms with Crippen molar-refractivity contribution in [1.82, 2.24) is 4.98 Å². The van der Waals surface area contributed by atoms with Gasteiger partial charge in [0.25, 0.3) is 0 Å². The summed E-state index contributed by atoms with van der Waals surface area (Å²) in [7, 11) is 1.54. The van der Waals surface area contributed by atoms with Crippen LogP contribution < -0.4 is 15.8 Å². The second-order valence-corrected chi connectivity index (χ2v) is 5.56. The number of carbonyl (C=O) groups is 1. The molecule has 0 aliphatic carbocycles. The number of aromatic nitrogens is 1. The summed E-state index contributed by atoms with van der Waals surface area (Å²) in [5, 5.41) is 3.22. The topological polar surface area (TPSA) is 77.2 Å². The van der Waals surface area contributed by atoms with Gasteiger partial charge in [0, 0.05) is 16.8 Å². The molecule has 0 atom stereocenters. The van der Waals surface area contributed by atoms with Crippen molar-refractivity contribution >= 4 is 40.8 Å². The molecule has 0 radical (unpaired) electrons. The summed E-state index contributed by atoms with van der Waals surface area (Å²) in [6.45, 7) is 0. The van der Waals surface area contributed by atoms with Gasteiger partial charge in [-0.3, -0.25) is 4.79 Å². The third-order valence-corrected chi connectivity index (χ3v) is 3.84. The van der Waals surface area contributed by atoms with Crippen LogP contribution in [0.5, 0.6) is 5.75 Å². The first-order chi connectivity index (χ1) is 10.1. The summed E-state index contributed by atoms with van der Waals surface area (Å²) in [6.07, 6.45) is 1.64. The van der Waals surface area contributed by atoms with Crippen LogP contribution in [0.15, 0.2) is 41.4 Å². The molecule has 3 N–H and O–H groups in total. The average molecular weight is 324 g/mol. The fraction of sp³-hybridized carbons (Fsp3) is 0.143. The summed E-state index contributed by atoms with van der Waals surface area (Å²) in [4.78, 5) is 16.7. The van der Waals surface area contributed by atoms with Crippen molar-refractivity contribution in [3.8, 4) is 5.75 Å². The highest BCUT2D eigenvalue weighted by Crippen LogP contribution is 2.27. The Hall–Kier alpha value is -1.92. The molecular weight excluding hydrogens is 310 g/mol. The van der Waals surface area contributed by atoms with Crippen molar-refractivity contribution in [1.29, 1.82) is 0 Å². The second kappa shape index (κ2) is 7.19. The van der Waals surface area contributed by atoms with Crippen molar-refractivity contribution in [2.75, 3.05) is 23.9 Å². The Bertz CT molecular complexity index is 635. The van der Waals surface area contributed by atoms with Crippen molar-refractivity contribution in [3.05, 3.63) is 41.6 Å². The van der Waals surface area contributed by atoms with Crippen LogP contribution in [0.4, 0.5) is 11.5 Å². The van der Waals surface area contributed by atoms with Gasteiger partial charge in [0.2, 0.25) is 5.91 Å². The number of nitrogens with zero attached hydrogens (tertiary/aromatic N) is 1. The zero-order chi connectivity index (χ0) is 15.2. The molecule has 0 saturated heterocycles. The minimum absolute atomic E-state index is 0.127. The summed E-state index contributed by atoms with van der Waals surface area (Å²) in [5.41, 5.74) is 6.13. The third kappa shape index (κ3) is 4.54. The molecule has 0 spiro atoms. The van der Waals surface area contributed by atoms with Gasteiger partial charge in [-0.15, -0.1) is 11.8 Å². The number of pyridine rings is 1. The van der Waals surface area contributed by atoms with Gasteiger partial charge >= 0.3 is 0 Å². The molecule has 0 fully saturated rings. The van der Waals surface area contributed by atoms with E-state index >= 15 is 0 Å². The molecule has 2 rings (SSSR count). The Balaban J connectivity index is 1.89. The number of anilines is 2. The number of benzene rings is 1. The molecule has 1 aromatic heterocycles. The molecule has 5 nitrogen and oxygen atoms in total. The standard InChI is InChI=1S/C14H14ClN3O2S/c1-20-12-4-2-9(6-11(12)15)18-14(19)8-21-10-3-5-13(16)17-7-10/h2-7H,8H2,1H3,(H2,16,17)(H,18,19). The number of nitrogen functional groups attached to an aromatic ring is 1. The van der Waals surface area contributed by atoms with Crippen LogP contribution in [-0.4, -0.2) is 23.8 Å². The van der Waals surface area contributed by atoms with E-state index in [1.54, 1.807) is 30.5 Å². The molecule has 0 unspecified atom stereocenters. The molecule has 7 heteroatoms. The molecule has 0 bridgehead atoms. The summed E-state index contributed by atoms with van der Waals surface area (Å²) >= 11 is 7.38. The van der Waals surface area contributed by atoms with Gasteiger partial charge in [-0.05, 0) is 30.3 Å². The molecule has 110 valence electrons. The zero-order valence-electron chi connectivity index (χ0n) is 11.3. The first-order valence-electron chi connectivity index (χ1n) is 6.06. The molecule has 1 heterocycles. The summed E-state index contributed by atoms with van der Waals surface area (Å²) < 4.78 is 5.05. The zero-order valence-corrected chi connectivity index (χ0v) is 12.9. The van der Waals surface area contributed by atoms with E-state index < -0.39 is 0 Å². The number of nitrogens with two attached hydrogens (primary N) is 1. The first kappa shape index (κ1) is 15.5. The van der Waals surface area contributed by atoms with Gasteiger partial charge in [-0.25, -0.2) is 4.98 Å². The van der Waals surface area contributed by atoms with Gasteiger partial charge in [0.05, 0.1) is 17.9 Å². The molecule has 2 aromatic rings.